The Hall–Kier alpha value is -1.63. The summed E-state index contributed by atoms with van der Waals surface area (Å²) < 4.78 is 4.79. The first kappa shape index (κ1) is 19.4. The number of nitrogens with two attached hydrogens (primary N) is 1. The highest BCUT2D eigenvalue weighted by Gasteiger charge is 2.29. The van der Waals surface area contributed by atoms with Crippen molar-refractivity contribution in [2.45, 2.75) is 52.7 Å². The Kier molecular flexibility index (Phi) is 8.61. The third-order valence-corrected chi connectivity index (χ3v) is 2.96. The maximum absolute atomic E-state index is 11.8. The fraction of sp³-hybridized carbons (Fsp3) is 0.786. The van der Waals surface area contributed by atoms with E-state index in [1.165, 1.54) is 0 Å². The first-order valence-electron chi connectivity index (χ1n) is 7.12. The van der Waals surface area contributed by atoms with Crippen molar-refractivity contribution in [1.29, 1.82) is 0 Å². The molecule has 0 radical (unpaired) electrons. The van der Waals surface area contributed by atoms with Gasteiger partial charge in [-0.05, 0) is 25.2 Å². The SMILES string of the molecule is CCOC(=O)C[C@H](C)[C@@H](NC(=O)[C@H](O)CC(C)C)C(N)=O. The van der Waals surface area contributed by atoms with Gasteiger partial charge in [0.1, 0.15) is 12.1 Å². The fourth-order valence-corrected chi connectivity index (χ4v) is 1.90. The number of esters is 1. The quantitative estimate of drug-likeness (QED) is 0.516. The summed E-state index contributed by atoms with van der Waals surface area (Å²) in [6.45, 7) is 7.27. The third kappa shape index (κ3) is 7.65. The number of nitrogens with one attached hydrogen (secondary N) is 1. The number of hydrogen-bond acceptors (Lipinski definition) is 5. The predicted molar refractivity (Wildman–Crippen MR) is 77.0 cm³/mol. The van der Waals surface area contributed by atoms with Crippen LogP contribution in [-0.4, -0.2) is 41.6 Å². The summed E-state index contributed by atoms with van der Waals surface area (Å²) in [5, 5.41) is 12.1. The average molecular weight is 302 g/mol. The van der Waals surface area contributed by atoms with Crippen molar-refractivity contribution in [3.63, 3.8) is 0 Å². The Labute approximate surface area is 125 Å². The van der Waals surface area contributed by atoms with Gasteiger partial charge < -0.3 is 20.9 Å². The smallest absolute Gasteiger partial charge is 0.306 e. The minimum Gasteiger partial charge on any atom is -0.466 e. The molecule has 0 saturated heterocycles. The van der Waals surface area contributed by atoms with Gasteiger partial charge in [0.2, 0.25) is 11.8 Å². The van der Waals surface area contributed by atoms with E-state index in [0.29, 0.717) is 0 Å². The van der Waals surface area contributed by atoms with Crippen LogP contribution in [-0.2, 0) is 19.1 Å². The number of carbonyl (C=O) groups is 3. The zero-order valence-corrected chi connectivity index (χ0v) is 13.1. The molecule has 3 atom stereocenters. The molecule has 4 N–H and O–H groups in total. The second kappa shape index (κ2) is 9.33. The van der Waals surface area contributed by atoms with Crippen LogP contribution in [0.4, 0.5) is 0 Å². The van der Waals surface area contributed by atoms with Crippen LogP contribution in [0, 0.1) is 11.8 Å². The van der Waals surface area contributed by atoms with Crippen molar-refractivity contribution >= 4 is 17.8 Å². The van der Waals surface area contributed by atoms with Crippen molar-refractivity contribution in [1.82, 2.24) is 5.32 Å². The third-order valence-electron chi connectivity index (χ3n) is 2.96. The largest absolute Gasteiger partial charge is 0.466 e. The van der Waals surface area contributed by atoms with Crippen LogP contribution in [0.3, 0.4) is 0 Å². The molecule has 0 saturated carbocycles. The molecular weight excluding hydrogens is 276 g/mol. The van der Waals surface area contributed by atoms with Crippen LogP contribution in [0.25, 0.3) is 0 Å². The highest BCUT2D eigenvalue weighted by molar-refractivity contribution is 5.89. The first-order chi connectivity index (χ1) is 9.68. The molecule has 0 aliphatic heterocycles. The molecule has 0 aromatic carbocycles. The van der Waals surface area contributed by atoms with Crippen LogP contribution in [0.15, 0.2) is 0 Å². The second-order valence-corrected chi connectivity index (χ2v) is 5.52. The van der Waals surface area contributed by atoms with E-state index in [2.05, 4.69) is 5.32 Å². The van der Waals surface area contributed by atoms with Gasteiger partial charge in [-0.3, -0.25) is 14.4 Å². The lowest BCUT2D eigenvalue weighted by Gasteiger charge is -2.23. The van der Waals surface area contributed by atoms with Gasteiger partial charge in [-0.1, -0.05) is 20.8 Å². The molecule has 0 aliphatic rings. The number of hydrogen-bond donors (Lipinski definition) is 3. The number of aliphatic hydroxyl groups is 1. The van der Waals surface area contributed by atoms with E-state index in [1.807, 2.05) is 13.8 Å². The maximum Gasteiger partial charge on any atom is 0.306 e. The molecule has 0 unspecified atom stereocenters. The van der Waals surface area contributed by atoms with Gasteiger partial charge >= 0.3 is 5.97 Å². The van der Waals surface area contributed by atoms with E-state index < -0.39 is 35.8 Å². The highest BCUT2D eigenvalue weighted by atomic mass is 16.5. The zero-order chi connectivity index (χ0) is 16.6. The van der Waals surface area contributed by atoms with E-state index >= 15 is 0 Å². The summed E-state index contributed by atoms with van der Waals surface area (Å²) in [7, 11) is 0. The van der Waals surface area contributed by atoms with Gasteiger partial charge in [0.25, 0.3) is 0 Å². The first-order valence-corrected chi connectivity index (χ1v) is 7.12. The Morgan fingerprint density at radius 3 is 2.24 bits per heavy atom. The van der Waals surface area contributed by atoms with Gasteiger partial charge in [-0.25, -0.2) is 0 Å². The lowest BCUT2D eigenvalue weighted by Crippen LogP contribution is -2.51. The van der Waals surface area contributed by atoms with E-state index in [-0.39, 0.29) is 25.4 Å². The molecule has 0 fully saturated rings. The van der Waals surface area contributed by atoms with Crippen LogP contribution in [0.5, 0.6) is 0 Å². The monoisotopic (exact) mass is 302 g/mol. The Balaban J connectivity index is 4.65. The molecule has 0 rings (SSSR count). The van der Waals surface area contributed by atoms with Gasteiger partial charge in [0.15, 0.2) is 0 Å². The van der Waals surface area contributed by atoms with Crippen molar-refractivity contribution in [3.8, 4) is 0 Å². The highest BCUT2D eigenvalue weighted by Crippen LogP contribution is 2.11. The lowest BCUT2D eigenvalue weighted by atomic mass is 9.97. The molecular formula is C14H26N2O5. The number of amides is 2. The summed E-state index contributed by atoms with van der Waals surface area (Å²) in [4.78, 5) is 34.7. The van der Waals surface area contributed by atoms with Crippen molar-refractivity contribution in [3.05, 3.63) is 0 Å². The molecule has 0 bridgehead atoms. The van der Waals surface area contributed by atoms with E-state index in [1.54, 1.807) is 13.8 Å². The molecule has 7 nitrogen and oxygen atoms in total. The van der Waals surface area contributed by atoms with E-state index in [4.69, 9.17) is 10.5 Å². The van der Waals surface area contributed by atoms with Crippen molar-refractivity contribution in [2.24, 2.45) is 17.6 Å². The molecule has 0 heterocycles. The van der Waals surface area contributed by atoms with E-state index in [0.717, 1.165) is 0 Å². The summed E-state index contributed by atoms with van der Waals surface area (Å²) >= 11 is 0. The van der Waals surface area contributed by atoms with Gasteiger partial charge in [-0.15, -0.1) is 0 Å². The average Bonchev–Trinajstić information content (AvgIpc) is 2.34. The number of primary amides is 1. The molecule has 21 heavy (non-hydrogen) atoms. The van der Waals surface area contributed by atoms with Gasteiger partial charge in [0.05, 0.1) is 13.0 Å². The standard InChI is InChI=1S/C14H26N2O5/c1-5-21-11(18)7-9(4)12(13(15)19)16-14(20)10(17)6-8(2)3/h8-10,12,17H,5-7H2,1-4H3,(H2,15,19)(H,16,20)/t9-,10+,12+/m0/s1. The summed E-state index contributed by atoms with van der Waals surface area (Å²) in [6, 6.07) is -1.02. The summed E-state index contributed by atoms with van der Waals surface area (Å²) in [5.41, 5.74) is 5.25. The summed E-state index contributed by atoms with van der Waals surface area (Å²) in [6.07, 6.45) is -0.965. The van der Waals surface area contributed by atoms with Gasteiger partial charge in [-0.2, -0.15) is 0 Å². The Morgan fingerprint density at radius 1 is 1.24 bits per heavy atom. The second-order valence-electron chi connectivity index (χ2n) is 5.52. The maximum atomic E-state index is 11.8. The molecule has 0 spiro atoms. The lowest BCUT2D eigenvalue weighted by molar-refractivity contribution is -0.145. The predicted octanol–water partition coefficient (Wildman–Crippen LogP) is -0.0472. The fourth-order valence-electron chi connectivity index (χ4n) is 1.90. The Bertz CT molecular complexity index is 370. The minimum atomic E-state index is -1.21. The molecule has 122 valence electrons. The zero-order valence-electron chi connectivity index (χ0n) is 13.1. The van der Waals surface area contributed by atoms with Crippen LogP contribution in [0.2, 0.25) is 0 Å². The topological polar surface area (TPSA) is 119 Å². The molecule has 7 heteroatoms. The number of aliphatic hydroxyl groups excluding tert-OH is 1. The number of rotatable bonds is 9. The van der Waals surface area contributed by atoms with Crippen LogP contribution in [0.1, 0.15) is 40.5 Å². The number of carbonyl (C=O) groups excluding carboxylic acids is 3. The molecule has 0 aliphatic carbocycles. The molecule has 0 aromatic rings. The van der Waals surface area contributed by atoms with Crippen molar-refractivity contribution in [2.75, 3.05) is 6.61 Å². The minimum absolute atomic E-state index is 0.0397. The van der Waals surface area contributed by atoms with Crippen molar-refractivity contribution < 1.29 is 24.2 Å². The Morgan fingerprint density at radius 2 is 1.81 bits per heavy atom. The molecule has 0 aromatic heterocycles. The van der Waals surface area contributed by atoms with E-state index in [9.17, 15) is 19.5 Å². The van der Waals surface area contributed by atoms with Crippen LogP contribution >= 0.6 is 0 Å². The normalized spacial score (nSPS) is 15.1. The molecule has 2 amide bonds. The van der Waals surface area contributed by atoms with Gasteiger partial charge in [0, 0.05) is 0 Å². The summed E-state index contributed by atoms with van der Waals surface area (Å²) in [5.74, 6) is -2.26. The van der Waals surface area contributed by atoms with Crippen LogP contribution < -0.4 is 11.1 Å². The number of ether oxygens (including phenoxy) is 1.